The number of rotatable bonds is 1. The van der Waals surface area contributed by atoms with E-state index in [2.05, 4.69) is 0 Å². The number of anilines is 1. The highest BCUT2D eigenvalue weighted by molar-refractivity contribution is 5.72. The molecule has 0 fully saturated rings. The molecule has 0 aromatic carbocycles. The average Bonchev–Trinajstić information content (AvgIpc) is 2.15. The minimum absolute atomic E-state index is 0. The zero-order chi connectivity index (χ0) is 11.6. The van der Waals surface area contributed by atoms with Crippen LogP contribution in [0.4, 0.5) is 5.69 Å². The molecule has 90 valence electrons. The van der Waals surface area contributed by atoms with Crippen LogP contribution in [0.2, 0.25) is 0 Å². The van der Waals surface area contributed by atoms with Gasteiger partial charge in [0.15, 0.2) is 12.4 Å². The van der Waals surface area contributed by atoms with Crippen molar-refractivity contribution in [3.63, 3.8) is 0 Å². The molecule has 3 nitrogen and oxygen atoms in total. The molecule has 0 bridgehead atoms. The van der Waals surface area contributed by atoms with Gasteiger partial charge in [0, 0.05) is 31.9 Å². The van der Waals surface area contributed by atoms with Crippen molar-refractivity contribution in [3.8, 4) is 0 Å². The Hall–Kier alpha value is -1.09. The van der Waals surface area contributed by atoms with Crippen LogP contribution < -0.4 is 21.9 Å². The number of pyridine rings is 1. The van der Waals surface area contributed by atoms with Crippen molar-refractivity contribution in [1.29, 1.82) is 0 Å². The number of hydrogen-bond donors (Lipinski definition) is 0. The standard InChI is InChI=1S/C12H19N2O.ClH/c1-12(2,3)11(15)14-8-6-10(7-9-14)13(4)5;/h6-9H,1-5H3;1H/q+1;/p-1. The normalized spacial score (nSPS) is 10.6. The van der Waals surface area contributed by atoms with Gasteiger partial charge in [-0.25, -0.2) is 4.79 Å². The van der Waals surface area contributed by atoms with E-state index in [1.165, 1.54) is 0 Å². The Bertz CT molecular complexity index is 352. The lowest BCUT2D eigenvalue weighted by atomic mass is 9.95. The first-order valence-electron chi connectivity index (χ1n) is 5.06. The number of hydrogen-bond acceptors (Lipinski definition) is 2. The third kappa shape index (κ3) is 3.49. The van der Waals surface area contributed by atoms with Gasteiger partial charge in [-0.1, -0.05) is 0 Å². The highest BCUT2D eigenvalue weighted by Crippen LogP contribution is 2.13. The minimum atomic E-state index is -0.343. The van der Waals surface area contributed by atoms with E-state index < -0.39 is 0 Å². The summed E-state index contributed by atoms with van der Waals surface area (Å²) in [5.74, 6) is 0.104. The fourth-order valence-electron chi connectivity index (χ4n) is 1.24. The van der Waals surface area contributed by atoms with Gasteiger partial charge in [0.25, 0.3) is 0 Å². The van der Waals surface area contributed by atoms with E-state index >= 15 is 0 Å². The van der Waals surface area contributed by atoms with E-state index in [-0.39, 0.29) is 23.7 Å². The van der Waals surface area contributed by atoms with Crippen molar-refractivity contribution in [1.82, 2.24) is 0 Å². The molecule has 0 atom stereocenters. The second-order valence-corrected chi connectivity index (χ2v) is 4.91. The molecular formula is C12H19ClN2O. The molecule has 1 heterocycles. The second-order valence-electron chi connectivity index (χ2n) is 4.91. The molecule has 0 radical (unpaired) electrons. The summed E-state index contributed by atoms with van der Waals surface area (Å²) in [4.78, 5) is 13.9. The maximum atomic E-state index is 11.9. The molecule has 0 aliphatic heterocycles. The third-order valence-corrected chi connectivity index (χ3v) is 2.20. The van der Waals surface area contributed by atoms with Crippen LogP contribution in [0.15, 0.2) is 24.5 Å². The molecule has 16 heavy (non-hydrogen) atoms. The molecule has 0 aliphatic carbocycles. The fourth-order valence-corrected chi connectivity index (χ4v) is 1.24. The predicted octanol–water partition coefficient (Wildman–Crippen LogP) is -1.27. The molecule has 1 aromatic heterocycles. The molecule has 0 saturated heterocycles. The Kier molecular flexibility index (Phi) is 4.94. The summed E-state index contributed by atoms with van der Waals surface area (Å²) in [5.41, 5.74) is 0.748. The third-order valence-electron chi connectivity index (χ3n) is 2.20. The Balaban J connectivity index is 0.00000225. The van der Waals surface area contributed by atoms with E-state index in [1.54, 1.807) is 4.57 Å². The van der Waals surface area contributed by atoms with Gasteiger partial charge in [0.2, 0.25) is 0 Å². The van der Waals surface area contributed by atoms with Crippen molar-refractivity contribution < 1.29 is 21.8 Å². The average molecular weight is 243 g/mol. The maximum Gasteiger partial charge on any atom is 0.397 e. The molecule has 0 amide bonds. The topological polar surface area (TPSA) is 24.2 Å². The molecular weight excluding hydrogens is 224 g/mol. The van der Waals surface area contributed by atoms with Crippen LogP contribution in [0.5, 0.6) is 0 Å². The van der Waals surface area contributed by atoms with Crippen LogP contribution in [-0.4, -0.2) is 20.0 Å². The quantitative estimate of drug-likeness (QED) is 0.574. The second kappa shape index (κ2) is 5.30. The van der Waals surface area contributed by atoms with Gasteiger partial charge >= 0.3 is 5.91 Å². The first-order chi connectivity index (χ1) is 6.82. The number of halogens is 1. The highest BCUT2D eigenvalue weighted by Gasteiger charge is 2.30. The summed E-state index contributed by atoms with van der Waals surface area (Å²) in [5, 5.41) is 0. The van der Waals surface area contributed by atoms with Crippen molar-refractivity contribution in [2.24, 2.45) is 5.41 Å². The van der Waals surface area contributed by atoms with Crippen LogP contribution in [0.25, 0.3) is 0 Å². The van der Waals surface area contributed by atoms with Crippen molar-refractivity contribution in [2.45, 2.75) is 20.8 Å². The summed E-state index contributed by atoms with van der Waals surface area (Å²) in [6.07, 6.45) is 3.62. The first kappa shape index (κ1) is 14.9. The number of aromatic nitrogens is 1. The SMILES string of the molecule is CN(C)c1cc[n+](C(=O)C(C)(C)C)cc1.[Cl-]. The predicted molar refractivity (Wildman–Crippen MR) is 61.0 cm³/mol. The van der Waals surface area contributed by atoms with Gasteiger partial charge in [-0.3, -0.25) is 0 Å². The van der Waals surface area contributed by atoms with E-state index in [0.29, 0.717) is 0 Å². The monoisotopic (exact) mass is 242 g/mol. The molecule has 0 saturated carbocycles. The molecule has 4 heteroatoms. The van der Waals surface area contributed by atoms with Crippen LogP contribution in [0.1, 0.15) is 25.6 Å². The van der Waals surface area contributed by atoms with E-state index in [0.717, 1.165) is 5.69 Å². The molecule has 0 N–H and O–H groups in total. The summed E-state index contributed by atoms with van der Waals surface area (Å²) >= 11 is 0. The van der Waals surface area contributed by atoms with E-state index in [9.17, 15) is 4.79 Å². The first-order valence-corrected chi connectivity index (χ1v) is 5.06. The lowest BCUT2D eigenvalue weighted by Gasteiger charge is -2.12. The molecule has 0 spiro atoms. The fraction of sp³-hybridized carbons (Fsp3) is 0.500. The number of carbonyl (C=O) groups excluding carboxylic acids is 1. The van der Waals surface area contributed by atoms with Crippen LogP contribution >= 0.6 is 0 Å². The minimum Gasteiger partial charge on any atom is -1.00 e. The molecule has 0 aliphatic rings. The van der Waals surface area contributed by atoms with E-state index in [4.69, 9.17) is 0 Å². The molecule has 1 aromatic rings. The lowest BCUT2D eigenvalue weighted by molar-refractivity contribution is -0.579. The Labute approximate surface area is 103 Å². The summed E-state index contributed by atoms with van der Waals surface area (Å²) in [6, 6.07) is 3.87. The molecule has 1 rings (SSSR count). The number of carbonyl (C=O) groups is 1. The zero-order valence-electron chi connectivity index (χ0n) is 10.5. The van der Waals surface area contributed by atoms with Gasteiger partial charge in [-0.2, -0.15) is 0 Å². The van der Waals surface area contributed by atoms with Gasteiger partial charge in [-0.05, 0) is 20.8 Å². The van der Waals surface area contributed by atoms with Crippen molar-refractivity contribution in [2.75, 3.05) is 19.0 Å². The summed E-state index contributed by atoms with van der Waals surface area (Å²) in [6.45, 7) is 5.76. The van der Waals surface area contributed by atoms with Gasteiger partial charge in [0.05, 0.1) is 5.41 Å². The Morgan fingerprint density at radius 2 is 1.62 bits per heavy atom. The Morgan fingerprint density at radius 1 is 1.19 bits per heavy atom. The van der Waals surface area contributed by atoms with Crippen molar-refractivity contribution >= 4 is 11.6 Å². The molecule has 0 unspecified atom stereocenters. The van der Waals surface area contributed by atoms with Gasteiger partial charge in [-0.15, -0.1) is 4.57 Å². The van der Waals surface area contributed by atoms with Crippen LogP contribution in [0.3, 0.4) is 0 Å². The van der Waals surface area contributed by atoms with Gasteiger partial charge < -0.3 is 17.3 Å². The summed E-state index contributed by atoms with van der Waals surface area (Å²) < 4.78 is 1.63. The summed E-state index contributed by atoms with van der Waals surface area (Å²) in [7, 11) is 3.95. The lowest BCUT2D eigenvalue weighted by Crippen LogP contribution is -3.00. The zero-order valence-corrected chi connectivity index (χ0v) is 11.2. The van der Waals surface area contributed by atoms with Crippen LogP contribution in [-0.2, 0) is 0 Å². The van der Waals surface area contributed by atoms with Crippen LogP contribution in [0, 0.1) is 5.41 Å². The number of nitrogens with zero attached hydrogens (tertiary/aromatic N) is 2. The smallest absolute Gasteiger partial charge is 0.397 e. The van der Waals surface area contributed by atoms with E-state index in [1.807, 2.05) is 64.3 Å². The maximum absolute atomic E-state index is 11.9. The highest BCUT2D eigenvalue weighted by atomic mass is 35.5. The van der Waals surface area contributed by atoms with Gasteiger partial charge in [0.1, 0.15) is 0 Å². The van der Waals surface area contributed by atoms with Crippen molar-refractivity contribution in [3.05, 3.63) is 24.5 Å². The Morgan fingerprint density at radius 3 is 1.94 bits per heavy atom. The largest absolute Gasteiger partial charge is 1.00 e.